The molecule has 0 saturated heterocycles. The molecule has 2 aromatic carbocycles. The highest BCUT2D eigenvalue weighted by Gasteiger charge is 2.25. The van der Waals surface area contributed by atoms with Gasteiger partial charge in [-0.1, -0.05) is 26.0 Å². The van der Waals surface area contributed by atoms with Crippen LogP contribution in [0.1, 0.15) is 37.8 Å². The quantitative estimate of drug-likeness (QED) is 0.257. The number of rotatable bonds is 16. The van der Waals surface area contributed by atoms with E-state index in [9.17, 15) is 27.8 Å². The molecule has 0 spiro atoms. The first kappa shape index (κ1) is 30.5. The highest BCUT2D eigenvalue weighted by Crippen LogP contribution is 2.17. The Bertz CT molecular complexity index is 1090. The number of hydrogen-bond acceptors (Lipinski definition) is 7. The van der Waals surface area contributed by atoms with Crippen LogP contribution in [0.25, 0.3) is 0 Å². The lowest BCUT2D eigenvalue weighted by atomic mass is 10.00. The van der Waals surface area contributed by atoms with Crippen molar-refractivity contribution in [2.75, 3.05) is 32.5 Å². The van der Waals surface area contributed by atoms with E-state index in [0.717, 1.165) is 11.6 Å². The Hall–Kier alpha value is -2.73. The van der Waals surface area contributed by atoms with Gasteiger partial charge in [-0.05, 0) is 48.2 Å². The van der Waals surface area contributed by atoms with Crippen LogP contribution in [0.3, 0.4) is 0 Å². The molecule has 2 aromatic rings. The predicted molar refractivity (Wildman–Crippen MR) is 140 cm³/mol. The molecule has 0 aliphatic rings. The van der Waals surface area contributed by atoms with Gasteiger partial charge in [0.15, 0.2) is 0 Å². The zero-order valence-corrected chi connectivity index (χ0v) is 22.4. The average Bonchev–Trinajstić information content (AvgIpc) is 2.85. The molecule has 0 radical (unpaired) electrons. The van der Waals surface area contributed by atoms with E-state index >= 15 is 0 Å². The molecule has 11 heteroatoms. The second kappa shape index (κ2) is 14.9. The molecule has 9 nitrogen and oxygen atoms in total. The number of aromatic hydroxyl groups is 1. The van der Waals surface area contributed by atoms with Gasteiger partial charge in [-0.15, -0.1) is 0 Å². The fraction of sp³-hybridized carbons (Fsp3) is 0.500. The highest BCUT2D eigenvalue weighted by molar-refractivity contribution is 7.89. The van der Waals surface area contributed by atoms with Crippen LogP contribution in [-0.2, 0) is 27.8 Å². The summed E-state index contributed by atoms with van der Waals surface area (Å²) >= 11 is 0. The van der Waals surface area contributed by atoms with E-state index in [-0.39, 0.29) is 30.9 Å². The summed E-state index contributed by atoms with van der Waals surface area (Å²) in [6.45, 7) is 4.85. The molecule has 2 rings (SSSR count). The summed E-state index contributed by atoms with van der Waals surface area (Å²) in [4.78, 5) is 12.7. The maximum absolute atomic E-state index is 13.8. The minimum Gasteiger partial charge on any atom is -0.508 e. The number of sulfonamides is 1. The molecular formula is C26H38FN3O6S. The molecule has 0 heterocycles. The van der Waals surface area contributed by atoms with Crippen molar-refractivity contribution in [1.82, 2.24) is 14.9 Å². The van der Waals surface area contributed by atoms with Crippen molar-refractivity contribution in [3.63, 3.8) is 0 Å². The van der Waals surface area contributed by atoms with Gasteiger partial charge in [0.25, 0.3) is 0 Å². The molecule has 0 aromatic heterocycles. The van der Waals surface area contributed by atoms with Gasteiger partial charge in [-0.25, -0.2) is 17.1 Å². The number of phenols is 1. The summed E-state index contributed by atoms with van der Waals surface area (Å²) in [6.07, 6.45) is -0.666. The summed E-state index contributed by atoms with van der Waals surface area (Å²) in [7, 11) is -2.03. The number of carbonyl (C=O) groups excluding carboxylic acids is 1. The largest absolute Gasteiger partial charge is 0.508 e. The molecule has 0 aliphatic carbocycles. The zero-order valence-electron chi connectivity index (χ0n) is 21.6. The van der Waals surface area contributed by atoms with Gasteiger partial charge in [0, 0.05) is 38.7 Å². The van der Waals surface area contributed by atoms with E-state index in [1.165, 1.54) is 16.4 Å². The van der Waals surface area contributed by atoms with Gasteiger partial charge in [-0.3, -0.25) is 4.79 Å². The van der Waals surface area contributed by atoms with Gasteiger partial charge in [0.1, 0.15) is 17.3 Å². The van der Waals surface area contributed by atoms with Crippen LogP contribution >= 0.6 is 0 Å². The van der Waals surface area contributed by atoms with Crippen molar-refractivity contribution in [2.24, 2.45) is 0 Å². The first-order valence-corrected chi connectivity index (χ1v) is 14.0. The monoisotopic (exact) mass is 539 g/mol. The number of amides is 1. The molecule has 37 heavy (non-hydrogen) atoms. The van der Waals surface area contributed by atoms with Crippen LogP contribution in [0.5, 0.6) is 11.5 Å². The number of aliphatic hydroxyl groups is 1. The van der Waals surface area contributed by atoms with E-state index in [2.05, 4.69) is 10.6 Å². The maximum atomic E-state index is 13.8. The third kappa shape index (κ3) is 10.3. The Labute approximate surface area is 218 Å². The molecule has 2 atom stereocenters. The Morgan fingerprint density at radius 1 is 1.16 bits per heavy atom. The van der Waals surface area contributed by atoms with E-state index < -0.39 is 33.9 Å². The van der Waals surface area contributed by atoms with E-state index in [0.29, 0.717) is 37.4 Å². The van der Waals surface area contributed by atoms with Gasteiger partial charge in [-0.2, -0.15) is 0 Å². The zero-order chi connectivity index (χ0) is 27.4. The summed E-state index contributed by atoms with van der Waals surface area (Å²) < 4.78 is 45.5. The topological polar surface area (TPSA) is 128 Å². The summed E-state index contributed by atoms with van der Waals surface area (Å²) in [5.41, 5.74) is 1.31. The second-order valence-corrected chi connectivity index (χ2v) is 10.9. The van der Waals surface area contributed by atoms with Crippen LogP contribution in [0.4, 0.5) is 4.39 Å². The minimum absolute atomic E-state index is 0.0305. The molecule has 206 valence electrons. The Morgan fingerprint density at radius 2 is 1.92 bits per heavy atom. The van der Waals surface area contributed by atoms with Crippen LogP contribution in [0.15, 0.2) is 42.5 Å². The van der Waals surface area contributed by atoms with Crippen LogP contribution < -0.4 is 15.4 Å². The first-order chi connectivity index (χ1) is 17.6. The maximum Gasteiger partial charge on any atom is 0.221 e. The third-order valence-electron chi connectivity index (χ3n) is 5.83. The molecular weight excluding hydrogens is 501 g/mol. The predicted octanol–water partition coefficient (Wildman–Crippen LogP) is 2.17. The number of hydrogen-bond donors (Lipinski definition) is 4. The summed E-state index contributed by atoms with van der Waals surface area (Å²) in [6, 6.07) is 10.1. The lowest BCUT2D eigenvalue weighted by Crippen LogP contribution is -2.49. The number of phenolic OH excluding ortho intramolecular Hbond substituents is 1. The number of benzene rings is 2. The fourth-order valence-electron chi connectivity index (χ4n) is 3.95. The molecule has 0 saturated carbocycles. The molecule has 1 amide bonds. The molecule has 4 N–H and O–H groups in total. The van der Waals surface area contributed by atoms with Gasteiger partial charge in [0.2, 0.25) is 15.9 Å². The second-order valence-electron chi connectivity index (χ2n) is 8.80. The normalized spacial score (nSPS) is 13.4. The van der Waals surface area contributed by atoms with Crippen molar-refractivity contribution >= 4 is 15.9 Å². The van der Waals surface area contributed by atoms with Gasteiger partial charge >= 0.3 is 0 Å². The lowest BCUT2D eigenvalue weighted by Gasteiger charge is -2.25. The van der Waals surface area contributed by atoms with Crippen LogP contribution in [0, 0.1) is 5.82 Å². The lowest BCUT2D eigenvalue weighted by molar-refractivity contribution is -0.122. The average molecular weight is 540 g/mol. The first-order valence-electron chi connectivity index (χ1n) is 12.3. The van der Waals surface area contributed by atoms with E-state index in [1.807, 2.05) is 31.2 Å². The molecule has 0 aliphatic heterocycles. The Balaban J connectivity index is 2.06. The summed E-state index contributed by atoms with van der Waals surface area (Å²) in [5.74, 6) is -1.12. The molecule has 0 bridgehead atoms. The summed E-state index contributed by atoms with van der Waals surface area (Å²) in [5, 5.41) is 26.4. The number of halogens is 1. The van der Waals surface area contributed by atoms with Crippen molar-refractivity contribution < 1.29 is 32.6 Å². The van der Waals surface area contributed by atoms with E-state index in [4.69, 9.17) is 4.74 Å². The highest BCUT2D eigenvalue weighted by atomic mass is 32.2. The number of methoxy groups -OCH3 is 1. The van der Waals surface area contributed by atoms with Gasteiger partial charge < -0.3 is 25.6 Å². The smallest absolute Gasteiger partial charge is 0.221 e. The van der Waals surface area contributed by atoms with Crippen LogP contribution in [-0.4, -0.2) is 73.5 Å². The van der Waals surface area contributed by atoms with E-state index in [1.54, 1.807) is 14.0 Å². The number of aliphatic hydroxyl groups excluding tert-OH is 1. The van der Waals surface area contributed by atoms with Crippen molar-refractivity contribution in [3.8, 4) is 11.5 Å². The number of carbonyl (C=O) groups is 1. The SMILES string of the molecule is CCCN(CC)S(=O)(=O)CCC(=O)N[C@@H](Cc1cc(O)cc(F)c1)[C@H](O)CNCc1cccc(OC)c1. The molecule has 0 fully saturated rings. The minimum atomic E-state index is -3.60. The number of ether oxygens (including phenoxy) is 1. The van der Waals surface area contributed by atoms with Gasteiger partial charge in [0.05, 0.1) is 25.0 Å². The molecule has 0 unspecified atom stereocenters. The van der Waals surface area contributed by atoms with Crippen molar-refractivity contribution in [1.29, 1.82) is 0 Å². The number of nitrogens with one attached hydrogen (secondary N) is 2. The standard InChI is InChI=1S/C26H38FN3O6S/c1-4-10-30(5-2)37(34,35)11-9-26(33)29-24(15-20-12-21(27)16-22(31)13-20)25(32)18-28-17-19-7-6-8-23(14-19)36-3/h6-8,12-14,16,24-25,28,31-32H,4-5,9-11,15,17-18H2,1-3H3,(H,29,33)/t24-,25+/m0/s1. The Kier molecular flexibility index (Phi) is 12.3. The number of nitrogens with zero attached hydrogens (tertiary/aromatic N) is 1. The van der Waals surface area contributed by atoms with Crippen molar-refractivity contribution in [3.05, 3.63) is 59.4 Å². The van der Waals surface area contributed by atoms with Crippen LogP contribution in [0.2, 0.25) is 0 Å². The Morgan fingerprint density at radius 3 is 2.57 bits per heavy atom. The van der Waals surface area contributed by atoms with Crippen molar-refractivity contribution in [2.45, 2.75) is 51.8 Å². The third-order valence-corrected chi connectivity index (χ3v) is 7.78. The fourth-order valence-corrected chi connectivity index (χ4v) is 5.51.